The number of ether oxygens (including phenoxy) is 2. The molecule has 0 N–H and O–H groups in total. The summed E-state index contributed by atoms with van der Waals surface area (Å²) in [5.74, 6) is 0. The Hall–Kier alpha value is -1.46. The van der Waals surface area contributed by atoms with Crippen LogP contribution in [-0.4, -0.2) is 16.1 Å². The lowest BCUT2D eigenvalue weighted by Gasteiger charge is -2.30. The second-order valence-corrected chi connectivity index (χ2v) is 5.40. The lowest BCUT2D eigenvalue weighted by atomic mass is 9.90. The highest BCUT2D eigenvalue weighted by Crippen LogP contribution is 2.46. The molecule has 0 radical (unpaired) electrons. The zero-order chi connectivity index (χ0) is 13.6. The zero-order valence-electron chi connectivity index (χ0n) is 11.0. The summed E-state index contributed by atoms with van der Waals surface area (Å²) in [5.41, 5.74) is -0.514. The van der Waals surface area contributed by atoms with Crippen LogP contribution in [0, 0.1) is 10.1 Å². The predicted molar refractivity (Wildman–Crippen MR) is 66.2 cm³/mol. The Morgan fingerprint density at radius 1 is 1.11 bits per heavy atom. The number of para-hydroxylation sites is 1. The second-order valence-electron chi connectivity index (χ2n) is 5.40. The van der Waals surface area contributed by atoms with Crippen LogP contribution in [-0.2, 0) is 9.47 Å². The number of nitrogens with zero attached hydrogens (tertiary/aromatic N) is 1. The quantitative estimate of drug-likeness (QED) is 0.598. The third-order valence-corrected chi connectivity index (χ3v) is 3.64. The van der Waals surface area contributed by atoms with Crippen molar-refractivity contribution in [2.24, 2.45) is 0 Å². The average molecular weight is 251 g/mol. The Morgan fingerprint density at radius 3 is 2.11 bits per heavy atom. The van der Waals surface area contributed by atoms with Crippen molar-refractivity contribution < 1.29 is 14.4 Å². The van der Waals surface area contributed by atoms with E-state index in [1.165, 1.54) is 6.07 Å². The molecule has 1 aliphatic rings. The maximum atomic E-state index is 11.0. The summed E-state index contributed by atoms with van der Waals surface area (Å²) in [7, 11) is 0. The van der Waals surface area contributed by atoms with Gasteiger partial charge in [0.25, 0.3) is 5.69 Å². The maximum Gasteiger partial charge on any atom is 0.277 e. The molecule has 2 rings (SSSR count). The second kappa shape index (κ2) is 4.03. The topological polar surface area (TPSA) is 61.6 Å². The van der Waals surface area contributed by atoms with Crippen molar-refractivity contribution in [1.82, 2.24) is 0 Å². The van der Waals surface area contributed by atoms with Gasteiger partial charge in [0.1, 0.15) is 0 Å². The van der Waals surface area contributed by atoms with Crippen molar-refractivity contribution in [1.29, 1.82) is 0 Å². The number of hydrogen-bond donors (Lipinski definition) is 0. The van der Waals surface area contributed by atoms with E-state index in [-0.39, 0.29) is 5.69 Å². The first kappa shape index (κ1) is 13.0. The first-order chi connectivity index (χ1) is 8.24. The molecule has 0 unspecified atom stereocenters. The molecule has 1 aliphatic heterocycles. The van der Waals surface area contributed by atoms with Crippen LogP contribution < -0.4 is 0 Å². The van der Waals surface area contributed by atoms with Crippen LogP contribution in [0.5, 0.6) is 0 Å². The van der Waals surface area contributed by atoms with E-state index < -0.39 is 22.4 Å². The number of rotatable bonds is 2. The van der Waals surface area contributed by atoms with E-state index in [1.54, 1.807) is 18.2 Å². The van der Waals surface area contributed by atoms with E-state index in [2.05, 4.69) is 0 Å². The molecule has 0 spiro atoms. The molecule has 1 heterocycles. The molecular weight excluding hydrogens is 234 g/mol. The van der Waals surface area contributed by atoms with E-state index in [9.17, 15) is 10.1 Å². The molecule has 0 saturated carbocycles. The van der Waals surface area contributed by atoms with Crippen LogP contribution in [0.3, 0.4) is 0 Å². The molecule has 1 saturated heterocycles. The van der Waals surface area contributed by atoms with Gasteiger partial charge < -0.3 is 9.47 Å². The van der Waals surface area contributed by atoms with Gasteiger partial charge in [0.05, 0.1) is 21.7 Å². The average Bonchev–Trinajstić information content (AvgIpc) is 2.48. The summed E-state index contributed by atoms with van der Waals surface area (Å²) in [6.45, 7) is 7.67. The van der Waals surface area contributed by atoms with Gasteiger partial charge in [0.15, 0.2) is 6.29 Å². The van der Waals surface area contributed by atoms with Crippen molar-refractivity contribution in [3.8, 4) is 0 Å². The summed E-state index contributed by atoms with van der Waals surface area (Å²) in [6.07, 6.45) is -0.698. The Kier molecular flexibility index (Phi) is 2.91. The molecule has 98 valence electrons. The first-order valence-corrected chi connectivity index (χ1v) is 5.83. The van der Waals surface area contributed by atoms with Gasteiger partial charge in [-0.2, -0.15) is 0 Å². The van der Waals surface area contributed by atoms with Crippen molar-refractivity contribution in [3.63, 3.8) is 0 Å². The SMILES string of the molecule is CC1(C)OC(c2ccccc2[N+](=O)[O-])OC1(C)C. The van der Waals surface area contributed by atoms with Crippen LogP contribution in [0.25, 0.3) is 0 Å². The fourth-order valence-electron chi connectivity index (χ4n) is 1.82. The molecule has 0 atom stereocenters. The van der Waals surface area contributed by atoms with Crippen LogP contribution >= 0.6 is 0 Å². The van der Waals surface area contributed by atoms with Gasteiger partial charge in [0.2, 0.25) is 0 Å². The molecule has 18 heavy (non-hydrogen) atoms. The molecule has 0 bridgehead atoms. The Balaban J connectivity index is 2.38. The number of nitro groups is 1. The van der Waals surface area contributed by atoms with Crippen molar-refractivity contribution >= 4 is 5.69 Å². The highest BCUT2D eigenvalue weighted by Gasteiger charge is 2.50. The lowest BCUT2D eigenvalue weighted by Crippen LogP contribution is -2.41. The fraction of sp³-hybridized carbons (Fsp3) is 0.538. The standard InChI is InChI=1S/C13H17NO4/c1-12(2)13(3,4)18-11(17-12)9-7-5-6-8-10(9)14(15)16/h5-8,11H,1-4H3. The van der Waals surface area contributed by atoms with Gasteiger partial charge in [-0.15, -0.1) is 0 Å². The number of nitro benzene ring substituents is 1. The predicted octanol–water partition coefficient (Wildman–Crippen LogP) is 3.20. The lowest BCUT2D eigenvalue weighted by molar-refractivity contribution is -0.386. The van der Waals surface area contributed by atoms with Crippen molar-refractivity contribution in [2.75, 3.05) is 0 Å². The maximum absolute atomic E-state index is 11.0. The van der Waals surface area contributed by atoms with E-state index in [1.807, 2.05) is 27.7 Å². The molecular formula is C13H17NO4. The zero-order valence-corrected chi connectivity index (χ0v) is 11.0. The summed E-state index contributed by atoms with van der Waals surface area (Å²) < 4.78 is 11.6. The van der Waals surface area contributed by atoms with Gasteiger partial charge in [-0.25, -0.2) is 0 Å². The highest BCUT2D eigenvalue weighted by atomic mass is 16.7. The highest BCUT2D eigenvalue weighted by molar-refractivity contribution is 5.41. The fourth-order valence-corrected chi connectivity index (χ4v) is 1.82. The van der Waals surface area contributed by atoms with Gasteiger partial charge in [0, 0.05) is 6.07 Å². The minimum Gasteiger partial charge on any atom is -0.339 e. The normalized spacial score (nSPS) is 22.0. The molecule has 1 aromatic rings. The third-order valence-electron chi connectivity index (χ3n) is 3.64. The van der Waals surface area contributed by atoms with Crippen LogP contribution in [0.2, 0.25) is 0 Å². The monoisotopic (exact) mass is 251 g/mol. The van der Waals surface area contributed by atoms with E-state index in [0.717, 1.165) is 0 Å². The Morgan fingerprint density at radius 2 is 1.61 bits per heavy atom. The molecule has 0 aliphatic carbocycles. The van der Waals surface area contributed by atoms with Gasteiger partial charge in [-0.05, 0) is 33.8 Å². The molecule has 5 heteroatoms. The molecule has 1 fully saturated rings. The third kappa shape index (κ3) is 2.00. The molecule has 0 aromatic heterocycles. The summed E-state index contributed by atoms with van der Waals surface area (Å²) in [6, 6.07) is 6.50. The van der Waals surface area contributed by atoms with Gasteiger partial charge >= 0.3 is 0 Å². The largest absolute Gasteiger partial charge is 0.339 e. The summed E-state index contributed by atoms with van der Waals surface area (Å²) in [5, 5.41) is 11.0. The van der Waals surface area contributed by atoms with Crippen LogP contribution in [0.1, 0.15) is 39.5 Å². The number of hydrogen-bond acceptors (Lipinski definition) is 4. The molecule has 1 aromatic carbocycles. The van der Waals surface area contributed by atoms with E-state index in [4.69, 9.17) is 9.47 Å². The van der Waals surface area contributed by atoms with Gasteiger partial charge in [-0.3, -0.25) is 10.1 Å². The first-order valence-electron chi connectivity index (χ1n) is 5.83. The summed E-state index contributed by atoms with van der Waals surface area (Å²) >= 11 is 0. The van der Waals surface area contributed by atoms with E-state index in [0.29, 0.717) is 5.56 Å². The van der Waals surface area contributed by atoms with Crippen molar-refractivity contribution in [2.45, 2.75) is 45.2 Å². The summed E-state index contributed by atoms with van der Waals surface area (Å²) in [4.78, 5) is 10.6. The smallest absolute Gasteiger partial charge is 0.277 e. The van der Waals surface area contributed by atoms with Crippen LogP contribution in [0.15, 0.2) is 24.3 Å². The molecule has 0 amide bonds. The van der Waals surface area contributed by atoms with Gasteiger partial charge in [-0.1, -0.05) is 12.1 Å². The Bertz CT molecular complexity index is 466. The minimum absolute atomic E-state index is 0.0241. The Labute approximate surface area is 106 Å². The van der Waals surface area contributed by atoms with Crippen molar-refractivity contribution in [3.05, 3.63) is 39.9 Å². The van der Waals surface area contributed by atoms with Crippen LogP contribution in [0.4, 0.5) is 5.69 Å². The number of benzene rings is 1. The van der Waals surface area contributed by atoms with E-state index >= 15 is 0 Å². The molecule has 5 nitrogen and oxygen atoms in total. The minimum atomic E-state index is -0.698.